The first-order valence-electron chi connectivity index (χ1n) is 10.1. The number of rotatable bonds is 4. The molecular formula is C24H26F2N4O2. The number of hydrogen-bond donors (Lipinski definition) is 0. The molecule has 0 aromatic carbocycles. The van der Waals surface area contributed by atoms with Crippen LogP contribution in [0.15, 0.2) is 56.3 Å². The van der Waals surface area contributed by atoms with Crippen molar-refractivity contribution in [1.29, 1.82) is 5.26 Å². The summed E-state index contributed by atoms with van der Waals surface area (Å²) in [6.45, 7) is 6.51. The Bertz CT molecular complexity index is 1160. The molecule has 2 rings (SSSR count). The van der Waals surface area contributed by atoms with Crippen LogP contribution in [0.2, 0.25) is 0 Å². The molecule has 0 N–H and O–H groups in total. The first-order chi connectivity index (χ1) is 15.3. The highest BCUT2D eigenvalue weighted by Gasteiger charge is 2.23. The predicted molar refractivity (Wildman–Crippen MR) is 124 cm³/mol. The topological polar surface area (TPSA) is 79.7 Å². The summed E-state index contributed by atoms with van der Waals surface area (Å²) >= 11 is 0. The van der Waals surface area contributed by atoms with Crippen LogP contribution < -0.4 is 5.56 Å². The molecule has 0 amide bonds. The third kappa shape index (κ3) is 5.24. The smallest absolute Gasteiger partial charge is 0.263 e. The van der Waals surface area contributed by atoms with Crippen molar-refractivity contribution >= 4 is 23.7 Å². The molecule has 1 aromatic heterocycles. The highest BCUT2D eigenvalue weighted by molar-refractivity contribution is 6.02. The van der Waals surface area contributed by atoms with Gasteiger partial charge >= 0.3 is 0 Å². The maximum Gasteiger partial charge on any atom is 0.263 e. The largest absolute Gasteiger partial charge is 0.371 e. The Kier molecular flexibility index (Phi) is 8.73. The van der Waals surface area contributed by atoms with E-state index in [1.54, 1.807) is 33.0 Å². The van der Waals surface area contributed by atoms with Crippen molar-refractivity contribution < 1.29 is 13.5 Å². The third-order valence-electron chi connectivity index (χ3n) is 5.04. The monoisotopic (exact) mass is 440 g/mol. The summed E-state index contributed by atoms with van der Waals surface area (Å²) in [5.74, 6) is -1.25. The van der Waals surface area contributed by atoms with Gasteiger partial charge in [0.05, 0.1) is 42.4 Å². The van der Waals surface area contributed by atoms with Crippen LogP contribution in [0.25, 0.3) is 11.3 Å². The SMILES string of the molecule is C/C=C(F)\C(C#N)=C(/C)c1cc2c(n(/C(C=NC)=C/C)c1=O)COC/C=C(/F)C=NC2C. The van der Waals surface area contributed by atoms with Gasteiger partial charge in [0.2, 0.25) is 0 Å². The van der Waals surface area contributed by atoms with Crippen molar-refractivity contribution in [1.82, 2.24) is 4.57 Å². The first-order valence-corrected chi connectivity index (χ1v) is 10.1. The van der Waals surface area contributed by atoms with Crippen LogP contribution in [-0.2, 0) is 11.3 Å². The van der Waals surface area contributed by atoms with Gasteiger partial charge in [0, 0.05) is 18.8 Å². The highest BCUT2D eigenvalue weighted by atomic mass is 19.1. The van der Waals surface area contributed by atoms with E-state index in [4.69, 9.17) is 4.74 Å². The lowest BCUT2D eigenvalue weighted by Crippen LogP contribution is -2.29. The van der Waals surface area contributed by atoms with E-state index in [1.807, 2.05) is 6.07 Å². The van der Waals surface area contributed by atoms with Gasteiger partial charge in [0.15, 0.2) is 0 Å². The van der Waals surface area contributed by atoms with Crippen LogP contribution in [0.5, 0.6) is 0 Å². The molecule has 8 heteroatoms. The molecule has 0 spiro atoms. The molecule has 2 heterocycles. The zero-order chi connectivity index (χ0) is 23.8. The fourth-order valence-electron chi connectivity index (χ4n) is 3.32. The van der Waals surface area contributed by atoms with E-state index >= 15 is 0 Å². The van der Waals surface area contributed by atoms with Crippen LogP contribution in [0.1, 0.15) is 50.6 Å². The normalized spacial score (nSPS) is 20.3. The summed E-state index contributed by atoms with van der Waals surface area (Å²) in [5.41, 5.74) is 1.22. The van der Waals surface area contributed by atoms with Gasteiger partial charge in [-0.2, -0.15) is 5.26 Å². The lowest BCUT2D eigenvalue weighted by atomic mass is 9.96. The number of fused-ring (bicyclic) bond motifs is 1. The Labute approximate surface area is 186 Å². The second-order valence-corrected chi connectivity index (χ2v) is 7.01. The number of pyridine rings is 1. The molecule has 6 nitrogen and oxygen atoms in total. The molecule has 0 saturated carbocycles. The summed E-state index contributed by atoms with van der Waals surface area (Å²) < 4.78 is 35.2. The molecule has 0 saturated heterocycles. The van der Waals surface area contributed by atoms with Crippen molar-refractivity contribution in [2.75, 3.05) is 13.7 Å². The molecule has 1 atom stereocenters. The van der Waals surface area contributed by atoms with Crippen molar-refractivity contribution in [3.05, 3.63) is 68.7 Å². The molecule has 32 heavy (non-hydrogen) atoms. The zero-order valence-corrected chi connectivity index (χ0v) is 18.8. The minimum Gasteiger partial charge on any atom is -0.371 e. The highest BCUT2D eigenvalue weighted by Crippen LogP contribution is 2.29. The summed E-state index contributed by atoms with van der Waals surface area (Å²) in [6.07, 6.45) is 6.76. The van der Waals surface area contributed by atoms with E-state index in [0.717, 1.165) is 6.21 Å². The lowest BCUT2D eigenvalue weighted by Gasteiger charge is -2.22. The molecule has 0 bridgehead atoms. The number of hydrogen-bond acceptors (Lipinski definition) is 5. The molecule has 1 aliphatic rings. The van der Waals surface area contributed by atoms with Gasteiger partial charge in [-0.15, -0.1) is 0 Å². The summed E-state index contributed by atoms with van der Waals surface area (Å²) in [7, 11) is 1.58. The van der Waals surface area contributed by atoms with Gasteiger partial charge in [-0.05, 0) is 51.0 Å². The van der Waals surface area contributed by atoms with Gasteiger partial charge in [-0.25, -0.2) is 8.78 Å². The Hall–Kier alpha value is -3.44. The second kappa shape index (κ2) is 11.3. The Balaban J connectivity index is 3.01. The van der Waals surface area contributed by atoms with E-state index < -0.39 is 23.3 Å². The second-order valence-electron chi connectivity index (χ2n) is 7.01. The maximum atomic E-state index is 14.3. The van der Waals surface area contributed by atoms with E-state index in [9.17, 15) is 18.8 Å². The van der Waals surface area contributed by atoms with Gasteiger partial charge in [0.25, 0.3) is 5.56 Å². The Morgan fingerprint density at radius 3 is 2.72 bits per heavy atom. The average Bonchev–Trinajstić information content (AvgIpc) is 2.78. The molecular weight excluding hydrogens is 414 g/mol. The zero-order valence-electron chi connectivity index (χ0n) is 18.8. The fourth-order valence-corrected chi connectivity index (χ4v) is 3.32. The van der Waals surface area contributed by atoms with Crippen molar-refractivity contribution in [2.45, 2.75) is 40.3 Å². The fraction of sp³-hybridized carbons (Fsp3) is 0.333. The van der Waals surface area contributed by atoms with Gasteiger partial charge in [-0.1, -0.05) is 12.2 Å². The van der Waals surface area contributed by atoms with Crippen LogP contribution in [0.4, 0.5) is 8.78 Å². The summed E-state index contributed by atoms with van der Waals surface area (Å²) in [4.78, 5) is 21.9. The maximum absolute atomic E-state index is 14.3. The third-order valence-corrected chi connectivity index (χ3v) is 5.04. The molecule has 0 aliphatic carbocycles. The van der Waals surface area contributed by atoms with Crippen LogP contribution in [0, 0.1) is 11.3 Å². The summed E-state index contributed by atoms with van der Waals surface area (Å²) in [6, 6.07) is 2.87. The number of allylic oxidation sites excluding steroid dienone is 7. The first kappa shape index (κ1) is 24.8. The number of nitrogens with zero attached hydrogens (tertiary/aromatic N) is 4. The molecule has 0 fully saturated rings. The van der Waals surface area contributed by atoms with Crippen LogP contribution >= 0.6 is 0 Å². The molecule has 0 radical (unpaired) electrons. The van der Waals surface area contributed by atoms with E-state index in [0.29, 0.717) is 17.0 Å². The van der Waals surface area contributed by atoms with Crippen LogP contribution in [0.3, 0.4) is 0 Å². The van der Waals surface area contributed by atoms with Crippen molar-refractivity contribution in [3.8, 4) is 6.07 Å². The standard InChI is InChI=1S/C24H26F2N4O2/c1-6-18(13-28-5)30-23-14-32-9-8-17(25)12-29-16(4)20(23)10-19(24(30)31)15(3)21(11-27)22(26)7-2/h6-8,10,12-13,16H,9,14H2,1-5H3/b17-8+,18-6+,21-15+,22-7+,28-13?,29-12?. The Morgan fingerprint density at radius 1 is 1.41 bits per heavy atom. The molecule has 168 valence electrons. The minimum atomic E-state index is -0.723. The van der Waals surface area contributed by atoms with E-state index in [2.05, 4.69) is 9.98 Å². The molecule has 1 aliphatic heterocycles. The van der Waals surface area contributed by atoms with Crippen molar-refractivity contribution in [3.63, 3.8) is 0 Å². The van der Waals surface area contributed by atoms with E-state index in [-0.39, 0.29) is 29.9 Å². The number of aromatic nitrogens is 1. The number of ether oxygens (including phenoxy) is 1. The predicted octanol–water partition coefficient (Wildman–Crippen LogP) is 5.10. The number of nitriles is 1. The number of aliphatic imine (C=N–C) groups is 2. The lowest BCUT2D eigenvalue weighted by molar-refractivity contribution is 0.142. The number of halogens is 2. The Morgan fingerprint density at radius 2 is 2.12 bits per heavy atom. The van der Waals surface area contributed by atoms with E-state index in [1.165, 1.54) is 36.8 Å². The minimum absolute atomic E-state index is 0.00132. The van der Waals surface area contributed by atoms with Gasteiger partial charge < -0.3 is 4.74 Å². The van der Waals surface area contributed by atoms with Crippen LogP contribution in [-0.4, -0.2) is 30.7 Å². The molecule has 1 aromatic rings. The van der Waals surface area contributed by atoms with Gasteiger partial charge in [0.1, 0.15) is 17.7 Å². The quantitative estimate of drug-likeness (QED) is 0.371. The summed E-state index contributed by atoms with van der Waals surface area (Å²) in [5, 5.41) is 9.51. The van der Waals surface area contributed by atoms with Gasteiger partial charge in [-0.3, -0.25) is 19.3 Å². The average molecular weight is 440 g/mol. The van der Waals surface area contributed by atoms with Crippen molar-refractivity contribution in [2.24, 2.45) is 9.98 Å². The molecule has 1 unspecified atom stereocenters.